The molecule has 0 radical (unpaired) electrons. The molecular formula is C22H23ClFN3O2. The predicted molar refractivity (Wildman–Crippen MR) is 112 cm³/mol. The van der Waals surface area contributed by atoms with E-state index in [4.69, 9.17) is 16.0 Å². The molecule has 3 aromatic rings. The van der Waals surface area contributed by atoms with Gasteiger partial charge in [-0.2, -0.15) is 0 Å². The molecule has 1 fully saturated rings. The highest BCUT2D eigenvalue weighted by molar-refractivity contribution is 6.31. The lowest BCUT2D eigenvalue weighted by molar-refractivity contribution is -0.121. The van der Waals surface area contributed by atoms with Crippen molar-refractivity contribution in [2.24, 2.45) is 0 Å². The van der Waals surface area contributed by atoms with E-state index in [9.17, 15) is 9.18 Å². The summed E-state index contributed by atoms with van der Waals surface area (Å²) < 4.78 is 19.4. The quantitative estimate of drug-likeness (QED) is 0.641. The van der Waals surface area contributed by atoms with E-state index in [0.717, 1.165) is 48.5 Å². The first-order chi connectivity index (χ1) is 13.9. The molecule has 152 valence electrons. The number of benzene rings is 2. The summed E-state index contributed by atoms with van der Waals surface area (Å²) in [7, 11) is 0. The fraction of sp³-hybridized carbons (Fsp3) is 0.364. The Morgan fingerprint density at radius 1 is 1.28 bits per heavy atom. The molecule has 1 aliphatic rings. The average Bonchev–Trinajstić information content (AvgIpc) is 3.13. The zero-order chi connectivity index (χ0) is 20.5. The molecule has 1 unspecified atom stereocenters. The van der Waals surface area contributed by atoms with Crippen LogP contribution in [0.15, 0.2) is 40.8 Å². The molecule has 0 aliphatic carbocycles. The van der Waals surface area contributed by atoms with Gasteiger partial charge in [-0.3, -0.25) is 9.69 Å². The number of piperidine rings is 1. The van der Waals surface area contributed by atoms with E-state index in [0.29, 0.717) is 10.7 Å². The second-order valence-electron chi connectivity index (χ2n) is 7.60. The number of hydrogen-bond acceptors (Lipinski definition) is 4. The zero-order valence-electron chi connectivity index (χ0n) is 16.4. The van der Waals surface area contributed by atoms with Gasteiger partial charge in [0, 0.05) is 16.6 Å². The van der Waals surface area contributed by atoms with Gasteiger partial charge in [0.05, 0.1) is 6.04 Å². The minimum absolute atomic E-state index is 0.131. The van der Waals surface area contributed by atoms with Gasteiger partial charge in [-0.05, 0) is 75.7 Å². The molecule has 0 saturated carbocycles. The number of hydrogen-bond donors (Lipinski definition) is 1. The highest BCUT2D eigenvalue weighted by atomic mass is 35.5. The molecule has 0 spiro atoms. The van der Waals surface area contributed by atoms with Gasteiger partial charge in [-0.15, -0.1) is 0 Å². The number of likely N-dealkylation sites (tertiary alicyclic amines) is 1. The molecule has 1 saturated heterocycles. The molecule has 0 bridgehead atoms. The lowest BCUT2D eigenvalue weighted by atomic mass is 9.95. The molecule has 7 heteroatoms. The summed E-state index contributed by atoms with van der Waals surface area (Å²) in [6.45, 7) is 5.26. The number of anilines is 1. The molecule has 1 N–H and O–H groups in total. The van der Waals surface area contributed by atoms with Crippen molar-refractivity contribution in [1.29, 1.82) is 0 Å². The third kappa shape index (κ3) is 4.28. The Bertz CT molecular complexity index is 1040. The van der Waals surface area contributed by atoms with Crippen molar-refractivity contribution in [2.75, 3.05) is 18.4 Å². The van der Waals surface area contributed by atoms with Gasteiger partial charge in [-0.1, -0.05) is 17.7 Å². The van der Waals surface area contributed by atoms with Crippen molar-refractivity contribution >= 4 is 34.3 Å². The van der Waals surface area contributed by atoms with Crippen LogP contribution in [0.4, 0.5) is 10.1 Å². The first-order valence-electron chi connectivity index (χ1n) is 9.78. The van der Waals surface area contributed by atoms with Crippen molar-refractivity contribution in [1.82, 2.24) is 9.88 Å². The number of oxazole rings is 1. The summed E-state index contributed by atoms with van der Waals surface area (Å²) in [6, 6.07) is 9.53. The number of fused-ring (bicyclic) bond motifs is 1. The lowest BCUT2D eigenvalue weighted by Crippen LogP contribution is -2.45. The smallest absolute Gasteiger partial charge is 0.241 e. The Kier molecular flexibility index (Phi) is 5.56. The number of aromatic nitrogens is 1. The van der Waals surface area contributed by atoms with Crippen LogP contribution >= 0.6 is 11.6 Å². The average molecular weight is 416 g/mol. The summed E-state index contributed by atoms with van der Waals surface area (Å²) in [4.78, 5) is 19.4. The van der Waals surface area contributed by atoms with E-state index in [1.165, 1.54) is 12.1 Å². The highest BCUT2D eigenvalue weighted by Gasteiger charge is 2.29. The van der Waals surface area contributed by atoms with Crippen LogP contribution < -0.4 is 5.32 Å². The second-order valence-corrected chi connectivity index (χ2v) is 8.04. The topological polar surface area (TPSA) is 58.4 Å². The summed E-state index contributed by atoms with van der Waals surface area (Å²) in [5, 5.41) is 3.49. The van der Waals surface area contributed by atoms with E-state index in [2.05, 4.69) is 15.2 Å². The van der Waals surface area contributed by atoms with Gasteiger partial charge < -0.3 is 9.73 Å². The largest absolute Gasteiger partial charge is 0.440 e. The van der Waals surface area contributed by atoms with Gasteiger partial charge in [0.1, 0.15) is 11.3 Å². The fourth-order valence-electron chi connectivity index (χ4n) is 3.76. The Morgan fingerprint density at radius 2 is 2.03 bits per heavy atom. The van der Waals surface area contributed by atoms with E-state index < -0.39 is 0 Å². The molecule has 29 heavy (non-hydrogen) atoms. The third-order valence-electron chi connectivity index (χ3n) is 5.63. The van der Waals surface area contributed by atoms with Crippen molar-refractivity contribution in [3.63, 3.8) is 0 Å². The van der Waals surface area contributed by atoms with Crippen LogP contribution in [0, 0.1) is 12.7 Å². The molecule has 2 heterocycles. The summed E-state index contributed by atoms with van der Waals surface area (Å²) in [5.41, 5.74) is 2.86. The minimum Gasteiger partial charge on any atom is -0.440 e. The standard InChI is InChI=1S/C22H23ClFN3O2/c1-13-3-5-17(24)12-18(13)25-21(28)14(2)27-9-7-15(8-10-27)22-26-19-11-16(23)4-6-20(19)29-22/h3-6,11-12,14-15H,7-10H2,1-2H3,(H,25,28). The molecule has 1 aromatic heterocycles. The maximum atomic E-state index is 13.5. The Hall–Kier alpha value is -2.44. The van der Waals surface area contributed by atoms with E-state index in [1.807, 2.05) is 19.9 Å². The van der Waals surface area contributed by atoms with Crippen LogP contribution in [0.3, 0.4) is 0 Å². The maximum absolute atomic E-state index is 13.5. The van der Waals surface area contributed by atoms with Crippen LogP contribution in [0.1, 0.15) is 37.1 Å². The third-order valence-corrected chi connectivity index (χ3v) is 5.86. The fourth-order valence-corrected chi connectivity index (χ4v) is 3.92. The van der Waals surface area contributed by atoms with Crippen molar-refractivity contribution < 1.29 is 13.6 Å². The maximum Gasteiger partial charge on any atom is 0.241 e. The normalized spacial score (nSPS) is 16.8. The first kappa shape index (κ1) is 19.9. The number of rotatable bonds is 4. The van der Waals surface area contributed by atoms with Crippen LogP contribution in [-0.2, 0) is 4.79 Å². The highest BCUT2D eigenvalue weighted by Crippen LogP contribution is 2.31. The van der Waals surface area contributed by atoms with E-state index in [1.54, 1.807) is 18.2 Å². The Labute approximate surface area is 173 Å². The number of nitrogens with one attached hydrogen (secondary N) is 1. The molecular weight excluding hydrogens is 393 g/mol. The molecule has 5 nitrogen and oxygen atoms in total. The van der Waals surface area contributed by atoms with E-state index >= 15 is 0 Å². The van der Waals surface area contributed by atoms with Gasteiger partial charge in [0.2, 0.25) is 5.91 Å². The number of amides is 1. The number of nitrogens with zero attached hydrogens (tertiary/aromatic N) is 2. The minimum atomic E-state index is -0.362. The van der Waals surface area contributed by atoms with Crippen molar-refractivity contribution in [3.05, 3.63) is 58.7 Å². The zero-order valence-corrected chi connectivity index (χ0v) is 17.2. The van der Waals surface area contributed by atoms with Gasteiger partial charge in [-0.25, -0.2) is 9.37 Å². The number of carbonyl (C=O) groups is 1. The molecule has 1 aliphatic heterocycles. The SMILES string of the molecule is Cc1ccc(F)cc1NC(=O)C(C)N1CCC(c2nc3cc(Cl)ccc3o2)CC1. The molecule has 1 atom stereocenters. The first-order valence-corrected chi connectivity index (χ1v) is 10.2. The summed E-state index contributed by atoms with van der Waals surface area (Å²) >= 11 is 6.03. The van der Waals surface area contributed by atoms with Crippen LogP contribution in [-0.4, -0.2) is 34.9 Å². The molecule has 1 amide bonds. The van der Waals surface area contributed by atoms with Gasteiger partial charge >= 0.3 is 0 Å². The second kappa shape index (κ2) is 8.13. The lowest BCUT2D eigenvalue weighted by Gasteiger charge is -2.34. The van der Waals surface area contributed by atoms with Gasteiger partial charge in [0.25, 0.3) is 0 Å². The summed E-state index contributed by atoms with van der Waals surface area (Å²) in [6.07, 6.45) is 1.72. The molecule has 2 aromatic carbocycles. The number of carbonyl (C=O) groups excluding carboxylic acids is 1. The van der Waals surface area contributed by atoms with Crippen molar-refractivity contribution in [2.45, 2.75) is 38.6 Å². The monoisotopic (exact) mass is 415 g/mol. The van der Waals surface area contributed by atoms with Crippen LogP contribution in [0.25, 0.3) is 11.1 Å². The Balaban J connectivity index is 1.38. The Morgan fingerprint density at radius 3 is 2.79 bits per heavy atom. The number of halogens is 2. The van der Waals surface area contributed by atoms with Crippen LogP contribution in [0.2, 0.25) is 5.02 Å². The number of aryl methyl sites for hydroxylation is 1. The van der Waals surface area contributed by atoms with Crippen LogP contribution in [0.5, 0.6) is 0 Å². The van der Waals surface area contributed by atoms with E-state index in [-0.39, 0.29) is 23.7 Å². The van der Waals surface area contributed by atoms with Crippen molar-refractivity contribution in [3.8, 4) is 0 Å². The predicted octanol–water partition coefficient (Wildman–Crippen LogP) is 5.14. The van der Waals surface area contributed by atoms with Gasteiger partial charge in [0.15, 0.2) is 11.5 Å². The summed E-state index contributed by atoms with van der Waals surface area (Å²) in [5.74, 6) is 0.459. The molecule has 4 rings (SSSR count).